The van der Waals surface area contributed by atoms with Crippen molar-refractivity contribution in [2.24, 2.45) is 0 Å². The first-order chi connectivity index (χ1) is 10.3. The SMILES string of the molecule is CC1=C(C)C(C)(c2ccc(O)cc2)c2cc(O)c(O)c(O)c21. The number of allylic oxidation sites excluding steroid dienone is 2. The van der Waals surface area contributed by atoms with Gasteiger partial charge in [-0.1, -0.05) is 17.7 Å². The molecule has 0 heterocycles. The maximum Gasteiger partial charge on any atom is 0.200 e. The van der Waals surface area contributed by atoms with Crippen LogP contribution in [0, 0.1) is 0 Å². The summed E-state index contributed by atoms with van der Waals surface area (Å²) in [7, 11) is 0. The summed E-state index contributed by atoms with van der Waals surface area (Å²) in [5.41, 5.74) is 3.58. The van der Waals surface area contributed by atoms with Crippen molar-refractivity contribution in [3.8, 4) is 23.0 Å². The largest absolute Gasteiger partial charge is 0.508 e. The van der Waals surface area contributed by atoms with Crippen molar-refractivity contribution in [2.75, 3.05) is 0 Å². The van der Waals surface area contributed by atoms with Gasteiger partial charge in [0.1, 0.15) is 5.75 Å². The second-order valence-corrected chi connectivity index (χ2v) is 5.94. The van der Waals surface area contributed by atoms with Crippen LogP contribution in [0.4, 0.5) is 0 Å². The zero-order valence-electron chi connectivity index (χ0n) is 12.7. The van der Waals surface area contributed by atoms with E-state index >= 15 is 0 Å². The molecule has 0 saturated heterocycles. The Kier molecular flexibility index (Phi) is 2.89. The number of hydrogen-bond donors (Lipinski definition) is 4. The highest BCUT2D eigenvalue weighted by molar-refractivity contribution is 5.86. The fourth-order valence-corrected chi connectivity index (χ4v) is 3.35. The van der Waals surface area contributed by atoms with E-state index in [1.807, 2.05) is 32.9 Å². The number of phenolic OH excluding ortho intramolecular Hbond substituents is 4. The van der Waals surface area contributed by atoms with Gasteiger partial charge >= 0.3 is 0 Å². The summed E-state index contributed by atoms with van der Waals surface area (Å²) in [4.78, 5) is 0. The van der Waals surface area contributed by atoms with Crippen LogP contribution in [0.5, 0.6) is 23.0 Å². The fourth-order valence-electron chi connectivity index (χ4n) is 3.35. The first-order valence-corrected chi connectivity index (χ1v) is 7.04. The van der Waals surface area contributed by atoms with Gasteiger partial charge in [0.25, 0.3) is 0 Å². The van der Waals surface area contributed by atoms with Crippen LogP contribution in [-0.4, -0.2) is 20.4 Å². The smallest absolute Gasteiger partial charge is 0.200 e. The standard InChI is InChI=1S/C18H18O4/c1-9-10(2)18(3,11-4-6-12(19)7-5-11)13-8-14(20)16(21)17(22)15(9)13/h4-8,19-22H,1-3H3. The summed E-state index contributed by atoms with van der Waals surface area (Å²) in [5.74, 6) is -0.959. The quantitative estimate of drug-likeness (QED) is 0.606. The van der Waals surface area contributed by atoms with E-state index < -0.39 is 11.2 Å². The van der Waals surface area contributed by atoms with Gasteiger partial charge in [-0.3, -0.25) is 0 Å². The summed E-state index contributed by atoms with van der Waals surface area (Å²) in [5, 5.41) is 39.4. The highest BCUT2D eigenvalue weighted by Crippen LogP contribution is 2.56. The molecule has 0 spiro atoms. The van der Waals surface area contributed by atoms with Crippen molar-refractivity contribution in [3.63, 3.8) is 0 Å². The first-order valence-electron chi connectivity index (χ1n) is 7.04. The Morgan fingerprint density at radius 2 is 1.45 bits per heavy atom. The molecule has 4 nitrogen and oxygen atoms in total. The molecule has 1 atom stereocenters. The van der Waals surface area contributed by atoms with Crippen molar-refractivity contribution in [1.29, 1.82) is 0 Å². The van der Waals surface area contributed by atoms with Gasteiger partial charge in [-0.05, 0) is 55.7 Å². The predicted octanol–water partition coefficient (Wildman–Crippen LogP) is 3.62. The van der Waals surface area contributed by atoms with Gasteiger partial charge in [0.15, 0.2) is 11.5 Å². The van der Waals surface area contributed by atoms with Gasteiger partial charge in [0.05, 0.1) is 0 Å². The number of fused-ring (bicyclic) bond motifs is 1. The summed E-state index contributed by atoms with van der Waals surface area (Å²) in [6.07, 6.45) is 0. The normalized spacial score (nSPS) is 20.3. The van der Waals surface area contributed by atoms with Crippen molar-refractivity contribution in [2.45, 2.75) is 26.2 Å². The third kappa shape index (κ3) is 1.64. The molecule has 0 saturated carbocycles. The summed E-state index contributed by atoms with van der Waals surface area (Å²) in [6, 6.07) is 8.37. The molecule has 1 aliphatic rings. The molecule has 2 aromatic rings. The molecule has 4 N–H and O–H groups in total. The molecular formula is C18H18O4. The number of phenols is 4. The highest BCUT2D eigenvalue weighted by atomic mass is 16.3. The van der Waals surface area contributed by atoms with Gasteiger partial charge in [0.2, 0.25) is 5.75 Å². The molecule has 0 amide bonds. The molecular weight excluding hydrogens is 280 g/mol. The number of aromatic hydroxyl groups is 4. The zero-order valence-corrected chi connectivity index (χ0v) is 12.7. The minimum absolute atomic E-state index is 0.181. The van der Waals surface area contributed by atoms with E-state index in [9.17, 15) is 20.4 Å². The molecule has 4 heteroatoms. The van der Waals surface area contributed by atoms with Gasteiger partial charge < -0.3 is 20.4 Å². The average Bonchev–Trinajstić information content (AvgIpc) is 2.68. The molecule has 0 radical (unpaired) electrons. The van der Waals surface area contributed by atoms with Gasteiger partial charge in [0, 0.05) is 11.0 Å². The fraction of sp³-hybridized carbons (Fsp3) is 0.222. The second-order valence-electron chi connectivity index (χ2n) is 5.94. The lowest BCUT2D eigenvalue weighted by atomic mass is 9.73. The number of hydrogen-bond acceptors (Lipinski definition) is 4. The Morgan fingerprint density at radius 1 is 0.864 bits per heavy atom. The topological polar surface area (TPSA) is 80.9 Å². The third-order valence-corrected chi connectivity index (χ3v) is 4.92. The lowest BCUT2D eigenvalue weighted by molar-refractivity contribution is 0.366. The van der Waals surface area contributed by atoms with Crippen LogP contribution in [0.15, 0.2) is 35.9 Å². The van der Waals surface area contributed by atoms with Crippen LogP contribution in [0.2, 0.25) is 0 Å². The van der Waals surface area contributed by atoms with Crippen molar-refractivity contribution >= 4 is 5.57 Å². The van der Waals surface area contributed by atoms with E-state index in [-0.39, 0.29) is 17.2 Å². The van der Waals surface area contributed by atoms with Crippen molar-refractivity contribution in [3.05, 3.63) is 52.6 Å². The van der Waals surface area contributed by atoms with Crippen LogP contribution in [-0.2, 0) is 5.41 Å². The average molecular weight is 298 g/mol. The second kappa shape index (κ2) is 4.44. The Hall–Kier alpha value is -2.62. The van der Waals surface area contributed by atoms with Crippen LogP contribution in [0.1, 0.15) is 37.5 Å². The Bertz CT molecular complexity index is 803. The van der Waals surface area contributed by atoms with E-state index in [4.69, 9.17) is 0 Å². The number of rotatable bonds is 1. The monoisotopic (exact) mass is 298 g/mol. The molecule has 22 heavy (non-hydrogen) atoms. The lowest BCUT2D eigenvalue weighted by Crippen LogP contribution is -2.22. The van der Waals surface area contributed by atoms with Crippen LogP contribution in [0.3, 0.4) is 0 Å². The lowest BCUT2D eigenvalue weighted by Gasteiger charge is -2.29. The molecule has 1 aliphatic carbocycles. The molecule has 114 valence electrons. The maximum atomic E-state index is 10.2. The Morgan fingerprint density at radius 3 is 2.05 bits per heavy atom. The minimum Gasteiger partial charge on any atom is -0.508 e. The van der Waals surface area contributed by atoms with E-state index in [2.05, 4.69) is 0 Å². The number of benzene rings is 2. The molecule has 2 aromatic carbocycles. The minimum atomic E-state index is -0.546. The molecule has 0 bridgehead atoms. The van der Waals surface area contributed by atoms with E-state index in [1.165, 1.54) is 6.07 Å². The molecule has 0 aliphatic heterocycles. The summed E-state index contributed by atoms with van der Waals surface area (Å²) < 4.78 is 0. The van der Waals surface area contributed by atoms with Gasteiger partial charge in [-0.25, -0.2) is 0 Å². The van der Waals surface area contributed by atoms with Crippen LogP contribution >= 0.6 is 0 Å². The first kappa shape index (κ1) is 14.3. The summed E-state index contributed by atoms with van der Waals surface area (Å²) >= 11 is 0. The Balaban J connectivity index is 2.35. The molecule has 0 aromatic heterocycles. The van der Waals surface area contributed by atoms with Crippen LogP contribution in [0.25, 0.3) is 5.57 Å². The van der Waals surface area contributed by atoms with E-state index in [0.717, 1.165) is 22.3 Å². The highest BCUT2D eigenvalue weighted by Gasteiger charge is 2.42. The maximum absolute atomic E-state index is 10.2. The van der Waals surface area contributed by atoms with Crippen LogP contribution < -0.4 is 0 Å². The third-order valence-electron chi connectivity index (χ3n) is 4.92. The van der Waals surface area contributed by atoms with E-state index in [1.54, 1.807) is 12.1 Å². The predicted molar refractivity (Wildman–Crippen MR) is 84.3 cm³/mol. The molecule has 0 fully saturated rings. The van der Waals surface area contributed by atoms with Crippen molar-refractivity contribution < 1.29 is 20.4 Å². The molecule has 3 rings (SSSR count). The Labute approximate surface area is 128 Å². The van der Waals surface area contributed by atoms with E-state index in [0.29, 0.717) is 5.56 Å². The van der Waals surface area contributed by atoms with Gasteiger partial charge in [-0.15, -0.1) is 0 Å². The van der Waals surface area contributed by atoms with Crippen molar-refractivity contribution in [1.82, 2.24) is 0 Å². The molecule has 1 unspecified atom stereocenters. The van der Waals surface area contributed by atoms with Gasteiger partial charge in [-0.2, -0.15) is 0 Å². The summed E-state index contributed by atoms with van der Waals surface area (Å²) in [6.45, 7) is 5.85. The zero-order chi connectivity index (χ0) is 16.2.